The van der Waals surface area contributed by atoms with Gasteiger partial charge in [0.15, 0.2) is 0 Å². The van der Waals surface area contributed by atoms with Gasteiger partial charge in [-0.2, -0.15) is 0 Å². The van der Waals surface area contributed by atoms with Crippen LogP contribution in [0.15, 0.2) is 0 Å². The van der Waals surface area contributed by atoms with Crippen LogP contribution in [0.4, 0.5) is 0 Å². The lowest BCUT2D eigenvalue weighted by molar-refractivity contribution is -0.263. The molecule has 0 spiro atoms. The van der Waals surface area contributed by atoms with Gasteiger partial charge < -0.3 is 19.8 Å². The number of aliphatic hydroxyl groups is 1. The smallest absolute Gasteiger partial charge is 0.326 e. The average molecular weight is 327 g/mol. The maximum Gasteiger partial charge on any atom is 0.326 e. The van der Waals surface area contributed by atoms with Crippen molar-refractivity contribution in [2.45, 2.75) is 70.3 Å². The van der Waals surface area contributed by atoms with E-state index in [1.165, 1.54) is 0 Å². The summed E-state index contributed by atoms with van der Waals surface area (Å²) in [5.74, 6) is -5.78. The van der Waals surface area contributed by atoms with Gasteiger partial charge in [-0.25, -0.2) is 4.79 Å². The van der Waals surface area contributed by atoms with Gasteiger partial charge in [0, 0.05) is 12.5 Å². The molecule has 7 nitrogen and oxygen atoms in total. The topological polar surface area (TPSA) is 104 Å². The van der Waals surface area contributed by atoms with Crippen LogP contribution < -0.4 is 0 Å². The molecule has 0 aromatic heterocycles. The van der Waals surface area contributed by atoms with Crippen molar-refractivity contribution in [1.82, 2.24) is 4.90 Å². The summed E-state index contributed by atoms with van der Waals surface area (Å²) in [6.07, 6.45) is 3.33. The zero-order valence-electron chi connectivity index (χ0n) is 13.7. The number of hydrogen-bond donors (Lipinski definition) is 2. The van der Waals surface area contributed by atoms with Crippen molar-refractivity contribution in [3.8, 4) is 0 Å². The number of carboxylic acids is 1. The van der Waals surface area contributed by atoms with Crippen molar-refractivity contribution < 1.29 is 29.3 Å². The van der Waals surface area contributed by atoms with Crippen LogP contribution in [0.3, 0.4) is 0 Å². The van der Waals surface area contributed by atoms with Gasteiger partial charge in [0.25, 0.3) is 11.7 Å². The normalized spacial score (nSPS) is 34.9. The molecule has 2 aliphatic rings. The Labute approximate surface area is 135 Å². The van der Waals surface area contributed by atoms with Gasteiger partial charge >= 0.3 is 5.97 Å². The Balaban J connectivity index is 2.20. The van der Waals surface area contributed by atoms with Gasteiger partial charge in [0.05, 0.1) is 6.10 Å². The van der Waals surface area contributed by atoms with Crippen LogP contribution in [-0.2, 0) is 19.1 Å². The predicted octanol–water partition coefficient (Wildman–Crippen LogP) is 0.935. The number of carboxylic acid groups (broad SMARTS) is 1. The van der Waals surface area contributed by atoms with E-state index in [4.69, 9.17) is 4.74 Å². The van der Waals surface area contributed by atoms with Crippen molar-refractivity contribution >= 4 is 17.7 Å². The molecule has 1 amide bonds. The number of rotatable bonds is 4. The van der Waals surface area contributed by atoms with Crippen LogP contribution >= 0.6 is 0 Å². The molecule has 7 heteroatoms. The molecule has 1 unspecified atom stereocenters. The highest BCUT2D eigenvalue weighted by atomic mass is 16.6. The predicted molar refractivity (Wildman–Crippen MR) is 80.5 cm³/mol. The zero-order valence-corrected chi connectivity index (χ0v) is 13.7. The number of hydrogen-bond acceptors (Lipinski definition) is 5. The highest BCUT2D eigenvalue weighted by molar-refractivity contribution is 6.39. The van der Waals surface area contributed by atoms with Gasteiger partial charge in [0.1, 0.15) is 6.04 Å². The van der Waals surface area contributed by atoms with Crippen molar-refractivity contribution in [1.29, 1.82) is 0 Å². The van der Waals surface area contributed by atoms with Crippen LogP contribution in [0.1, 0.15) is 52.4 Å². The molecule has 2 fully saturated rings. The van der Waals surface area contributed by atoms with Gasteiger partial charge in [-0.05, 0) is 38.5 Å². The molecule has 4 atom stereocenters. The monoisotopic (exact) mass is 327 g/mol. The lowest BCUT2D eigenvalue weighted by atomic mass is 9.86. The first-order valence-electron chi connectivity index (χ1n) is 8.29. The molecule has 0 saturated carbocycles. The Bertz CT molecular complexity index is 493. The second kappa shape index (κ2) is 6.97. The summed E-state index contributed by atoms with van der Waals surface area (Å²) in [5, 5.41) is 19.9. The van der Waals surface area contributed by atoms with E-state index >= 15 is 0 Å². The van der Waals surface area contributed by atoms with E-state index in [9.17, 15) is 24.6 Å². The minimum Gasteiger partial charge on any atom is -0.480 e. The summed E-state index contributed by atoms with van der Waals surface area (Å²) in [4.78, 5) is 37.5. The Morgan fingerprint density at radius 3 is 2.52 bits per heavy atom. The molecule has 2 heterocycles. The highest BCUT2D eigenvalue weighted by Crippen LogP contribution is 2.35. The van der Waals surface area contributed by atoms with Gasteiger partial charge in [-0.1, -0.05) is 13.8 Å². The SMILES string of the molecule is CCC1CC[C@@H](C)[C@](O)(C(=O)C(=O)N2CCCC[C@H]2C(=O)O)O1. The number of likely N-dealkylation sites (tertiary alicyclic amines) is 1. The summed E-state index contributed by atoms with van der Waals surface area (Å²) < 4.78 is 5.52. The summed E-state index contributed by atoms with van der Waals surface area (Å²) in [6.45, 7) is 3.77. The van der Waals surface area contributed by atoms with E-state index in [2.05, 4.69) is 0 Å². The van der Waals surface area contributed by atoms with Crippen LogP contribution in [0, 0.1) is 5.92 Å². The molecule has 0 bridgehead atoms. The summed E-state index contributed by atoms with van der Waals surface area (Å²) >= 11 is 0. The third-order valence-electron chi connectivity index (χ3n) is 4.96. The molecule has 2 rings (SSSR count). The lowest BCUT2D eigenvalue weighted by Crippen LogP contribution is -2.60. The number of amides is 1. The fourth-order valence-electron chi connectivity index (χ4n) is 3.34. The summed E-state index contributed by atoms with van der Waals surface area (Å²) in [5.41, 5.74) is 0. The molecule has 0 radical (unpaired) electrons. The molecular weight excluding hydrogens is 302 g/mol. The van der Waals surface area contributed by atoms with Crippen molar-refractivity contribution in [3.63, 3.8) is 0 Å². The van der Waals surface area contributed by atoms with E-state index in [0.717, 1.165) is 11.3 Å². The molecule has 2 saturated heterocycles. The first kappa shape index (κ1) is 17.9. The standard InChI is InChI=1S/C16H25NO6/c1-3-11-8-7-10(2)16(22,23-11)13(18)14(19)17-9-5-4-6-12(17)15(20)21/h10-12,22H,3-9H2,1-2H3,(H,20,21)/t10-,11?,12+,16-/m1/s1. The van der Waals surface area contributed by atoms with Crippen molar-refractivity contribution in [2.75, 3.05) is 6.54 Å². The second-order valence-corrected chi connectivity index (χ2v) is 6.50. The number of ketones is 1. The van der Waals surface area contributed by atoms with E-state index in [-0.39, 0.29) is 12.6 Å². The summed E-state index contributed by atoms with van der Waals surface area (Å²) in [7, 11) is 0. The molecular formula is C16H25NO6. The van der Waals surface area contributed by atoms with E-state index in [1.807, 2.05) is 6.92 Å². The number of aliphatic carboxylic acids is 1. The second-order valence-electron chi connectivity index (χ2n) is 6.50. The number of Topliss-reactive ketones (excluding diaryl/α,β-unsaturated/α-hetero) is 1. The number of carbonyl (C=O) groups excluding carboxylic acids is 2. The van der Waals surface area contributed by atoms with Crippen LogP contribution in [-0.4, -0.2) is 57.3 Å². The molecule has 0 aromatic carbocycles. The molecule has 130 valence electrons. The quantitative estimate of drug-likeness (QED) is 0.745. The van der Waals surface area contributed by atoms with Gasteiger partial charge in [-0.3, -0.25) is 9.59 Å². The Morgan fingerprint density at radius 2 is 1.91 bits per heavy atom. The minimum absolute atomic E-state index is 0.212. The molecule has 2 N–H and O–H groups in total. The third kappa shape index (κ3) is 3.40. The van der Waals surface area contributed by atoms with Crippen LogP contribution in [0.25, 0.3) is 0 Å². The fraction of sp³-hybridized carbons (Fsp3) is 0.812. The minimum atomic E-state index is -2.16. The highest BCUT2D eigenvalue weighted by Gasteiger charge is 2.52. The number of ether oxygens (including phenoxy) is 1. The van der Waals surface area contributed by atoms with Crippen LogP contribution in [0.2, 0.25) is 0 Å². The summed E-state index contributed by atoms with van der Waals surface area (Å²) in [6, 6.07) is -1.01. The Kier molecular flexibility index (Phi) is 5.41. The molecule has 23 heavy (non-hydrogen) atoms. The largest absolute Gasteiger partial charge is 0.480 e. The third-order valence-corrected chi connectivity index (χ3v) is 4.96. The average Bonchev–Trinajstić information content (AvgIpc) is 2.56. The number of nitrogens with zero attached hydrogens (tertiary/aromatic N) is 1. The Hall–Kier alpha value is -1.47. The van der Waals surface area contributed by atoms with Crippen molar-refractivity contribution in [2.24, 2.45) is 5.92 Å². The van der Waals surface area contributed by atoms with Crippen molar-refractivity contribution in [3.05, 3.63) is 0 Å². The van der Waals surface area contributed by atoms with Crippen LogP contribution in [0.5, 0.6) is 0 Å². The Morgan fingerprint density at radius 1 is 1.22 bits per heavy atom. The number of piperidine rings is 1. The zero-order chi connectivity index (χ0) is 17.2. The molecule has 2 aliphatic heterocycles. The lowest BCUT2D eigenvalue weighted by Gasteiger charge is -2.41. The first-order chi connectivity index (χ1) is 10.8. The maximum atomic E-state index is 12.6. The maximum absolute atomic E-state index is 12.6. The van der Waals surface area contributed by atoms with Gasteiger partial charge in [0.2, 0.25) is 5.79 Å². The van der Waals surface area contributed by atoms with E-state index in [1.54, 1.807) is 6.92 Å². The molecule has 0 aromatic rings. The molecule has 0 aliphatic carbocycles. The first-order valence-corrected chi connectivity index (χ1v) is 8.29. The number of carbonyl (C=O) groups is 3. The fourth-order valence-corrected chi connectivity index (χ4v) is 3.34. The van der Waals surface area contributed by atoms with Gasteiger partial charge in [-0.15, -0.1) is 0 Å². The van der Waals surface area contributed by atoms with E-state index < -0.39 is 35.4 Å². The van der Waals surface area contributed by atoms with E-state index in [0.29, 0.717) is 32.1 Å².